The van der Waals surface area contributed by atoms with E-state index < -0.39 is 0 Å². The number of nitrogens with zero attached hydrogens (tertiary/aromatic N) is 1. The number of anilines is 1. The number of carbonyl (C=O) groups excluding carboxylic acids is 1. The Morgan fingerprint density at radius 1 is 1.17 bits per heavy atom. The molecule has 5 heteroatoms. The molecule has 0 spiro atoms. The van der Waals surface area contributed by atoms with Crippen LogP contribution in [0, 0.1) is 5.92 Å². The molecule has 1 unspecified atom stereocenters. The molecule has 1 fully saturated rings. The van der Waals surface area contributed by atoms with Gasteiger partial charge in [0.25, 0.3) is 0 Å². The van der Waals surface area contributed by atoms with Gasteiger partial charge in [0, 0.05) is 37.4 Å². The zero-order chi connectivity index (χ0) is 16.1. The Labute approximate surface area is 135 Å². The lowest BCUT2D eigenvalue weighted by atomic mass is 10.1. The third-order valence-corrected chi connectivity index (χ3v) is 3.90. The lowest BCUT2D eigenvalue weighted by Gasteiger charge is -2.17. The number of urea groups is 1. The highest BCUT2D eigenvalue weighted by atomic mass is 16.5. The average Bonchev–Trinajstić information content (AvgIpc) is 3.05. The van der Waals surface area contributed by atoms with Crippen LogP contribution in [0.25, 0.3) is 0 Å². The Balaban J connectivity index is 1.62. The summed E-state index contributed by atoms with van der Waals surface area (Å²) >= 11 is 0. The summed E-state index contributed by atoms with van der Waals surface area (Å²) in [5.74, 6) is 1.61. The molecule has 2 aromatic rings. The first-order valence-electron chi connectivity index (χ1n) is 7.74. The number of ether oxygens (including phenoxy) is 1. The SMILES string of the molecule is O=C(Nc1cccc(Oc2ccccc2)c1)N1CCC(CO)C1. The van der Waals surface area contributed by atoms with Gasteiger partial charge in [-0.15, -0.1) is 0 Å². The molecular formula is C18H20N2O3. The second kappa shape index (κ2) is 7.15. The molecule has 2 N–H and O–H groups in total. The number of aliphatic hydroxyl groups is 1. The van der Waals surface area contributed by atoms with Crippen molar-refractivity contribution in [3.63, 3.8) is 0 Å². The van der Waals surface area contributed by atoms with Crippen molar-refractivity contribution in [3.8, 4) is 11.5 Å². The maximum absolute atomic E-state index is 12.2. The minimum atomic E-state index is -0.141. The Hall–Kier alpha value is -2.53. The number of aliphatic hydroxyl groups excluding tert-OH is 1. The van der Waals surface area contributed by atoms with Gasteiger partial charge in [-0.3, -0.25) is 0 Å². The van der Waals surface area contributed by atoms with Crippen LogP contribution in [0.15, 0.2) is 54.6 Å². The van der Waals surface area contributed by atoms with Crippen LogP contribution in [-0.4, -0.2) is 35.7 Å². The predicted octanol–water partition coefficient (Wildman–Crippen LogP) is 3.33. The molecule has 0 bridgehead atoms. The highest BCUT2D eigenvalue weighted by Gasteiger charge is 2.25. The number of hydrogen-bond acceptors (Lipinski definition) is 3. The Morgan fingerprint density at radius 2 is 1.96 bits per heavy atom. The molecule has 1 atom stereocenters. The molecular weight excluding hydrogens is 292 g/mol. The quantitative estimate of drug-likeness (QED) is 0.910. The molecule has 0 radical (unpaired) electrons. The van der Waals surface area contributed by atoms with Gasteiger partial charge in [-0.1, -0.05) is 24.3 Å². The fraction of sp³-hybridized carbons (Fsp3) is 0.278. The normalized spacial score (nSPS) is 17.1. The summed E-state index contributed by atoms with van der Waals surface area (Å²) in [4.78, 5) is 14.0. The van der Waals surface area contributed by atoms with Crippen molar-refractivity contribution in [2.24, 2.45) is 5.92 Å². The van der Waals surface area contributed by atoms with Gasteiger partial charge < -0.3 is 20.1 Å². The second-order valence-corrected chi connectivity index (χ2v) is 5.66. The molecule has 2 amide bonds. The molecule has 1 heterocycles. The van der Waals surface area contributed by atoms with Gasteiger partial charge in [0.05, 0.1) is 0 Å². The molecule has 5 nitrogen and oxygen atoms in total. The van der Waals surface area contributed by atoms with Crippen LogP contribution in [0.3, 0.4) is 0 Å². The molecule has 120 valence electrons. The van der Waals surface area contributed by atoms with E-state index in [1.807, 2.05) is 48.5 Å². The van der Waals surface area contributed by atoms with Crippen molar-refractivity contribution in [1.82, 2.24) is 4.90 Å². The molecule has 0 aromatic heterocycles. The molecule has 0 saturated carbocycles. The van der Waals surface area contributed by atoms with Gasteiger partial charge in [-0.05, 0) is 30.7 Å². The fourth-order valence-corrected chi connectivity index (χ4v) is 2.63. The summed E-state index contributed by atoms with van der Waals surface area (Å²) in [6.45, 7) is 1.41. The van der Waals surface area contributed by atoms with Gasteiger partial charge >= 0.3 is 6.03 Å². The van der Waals surface area contributed by atoms with E-state index in [0.717, 1.165) is 12.2 Å². The molecule has 1 aliphatic rings. The molecule has 3 rings (SSSR count). The molecule has 2 aromatic carbocycles. The van der Waals surface area contributed by atoms with Gasteiger partial charge in [-0.2, -0.15) is 0 Å². The van der Waals surface area contributed by atoms with Crippen LogP contribution >= 0.6 is 0 Å². The average molecular weight is 312 g/mol. The molecule has 1 aliphatic heterocycles. The molecule has 1 saturated heterocycles. The first-order chi connectivity index (χ1) is 11.2. The number of para-hydroxylation sites is 1. The standard InChI is InChI=1S/C18H20N2O3/c21-13-14-9-10-20(12-14)18(22)19-15-5-4-8-17(11-15)23-16-6-2-1-3-7-16/h1-8,11,14,21H,9-10,12-13H2,(H,19,22). The van der Waals surface area contributed by atoms with E-state index in [1.165, 1.54) is 0 Å². The van der Waals surface area contributed by atoms with Crippen molar-refractivity contribution < 1.29 is 14.6 Å². The van der Waals surface area contributed by atoms with Gasteiger partial charge in [0.2, 0.25) is 0 Å². The topological polar surface area (TPSA) is 61.8 Å². The summed E-state index contributed by atoms with van der Waals surface area (Å²) in [6.07, 6.45) is 0.848. The lowest BCUT2D eigenvalue weighted by Crippen LogP contribution is -2.33. The van der Waals surface area contributed by atoms with Crippen molar-refractivity contribution in [3.05, 3.63) is 54.6 Å². The van der Waals surface area contributed by atoms with Gasteiger partial charge in [0.15, 0.2) is 0 Å². The van der Waals surface area contributed by atoms with Crippen molar-refractivity contribution >= 4 is 11.7 Å². The zero-order valence-corrected chi connectivity index (χ0v) is 12.8. The summed E-state index contributed by atoms with van der Waals surface area (Å²) < 4.78 is 5.76. The third-order valence-electron chi connectivity index (χ3n) is 3.90. The molecule has 23 heavy (non-hydrogen) atoms. The number of likely N-dealkylation sites (tertiary alicyclic amines) is 1. The van der Waals surface area contributed by atoms with Crippen LogP contribution in [0.4, 0.5) is 10.5 Å². The highest BCUT2D eigenvalue weighted by Crippen LogP contribution is 2.24. The maximum atomic E-state index is 12.2. The Kier molecular flexibility index (Phi) is 4.78. The zero-order valence-electron chi connectivity index (χ0n) is 12.8. The lowest BCUT2D eigenvalue weighted by molar-refractivity contribution is 0.209. The van der Waals surface area contributed by atoms with Crippen molar-refractivity contribution in [2.45, 2.75) is 6.42 Å². The van der Waals surface area contributed by atoms with Crippen LogP contribution in [0.2, 0.25) is 0 Å². The second-order valence-electron chi connectivity index (χ2n) is 5.66. The third kappa shape index (κ3) is 4.02. The largest absolute Gasteiger partial charge is 0.457 e. The van der Waals surface area contributed by atoms with Crippen LogP contribution < -0.4 is 10.1 Å². The van der Waals surface area contributed by atoms with E-state index in [0.29, 0.717) is 24.5 Å². The van der Waals surface area contributed by atoms with Crippen molar-refractivity contribution in [2.75, 3.05) is 25.0 Å². The first-order valence-corrected chi connectivity index (χ1v) is 7.74. The van der Waals surface area contributed by atoms with Crippen LogP contribution in [0.5, 0.6) is 11.5 Å². The summed E-state index contributed by atoms with van der Waals surface area (Å²) in [5, 5.41) is 12.0. The Morgan fingerprint density at radius 3 is 2.70 bits per heavy atom. The van der Waals surface area contributed by atoms with E-state index in [9.17, 15) is 4.79 Å². The first kappa shape index (κ1) is 15.4. The smallest absolute Gasteiger partial charge is 0.321 e. The van der Waals surface area contributed by atoms with E-state index >= 15 is 0 Å². The predicted molar refractivity (Wildman–Crippen MR) is 88.7 cm³/mol. The van der Waals surface area contributed by atoms with Gasteiger partial charge in [-0.25, -0.2) is 4.79 Å². The summed E-state index contributed by atoms with van der Waals surface area (Å²) in [6, 6.07) is 16.7. The van der Waals surface area contributed by atoms with Crippen LogP contribution in [-0.2, 0) is 0 Å². The summed E-state index contributed by atoms with van der Waals surface area (Å²) in [5.41, 5.74) is 0.691. The maximum Gasteiger partial charge on any atom is 0.321 e. The van der Waals surface area contributed by atoms with E-state index in [1.54, 1.807) is 11.0 Å². The number of hydrogen-bond donors (Lipinski definition) is 2. The number of amides is 2. The minimum Gasteiger partial charge on any atom is -0.457 e. The number of carbonyl (C=O) groups is 1. The monoisotopic (exact) mass is 312 g/mol. The highest BCUT2D eigenvalue weighted by molar-refractivity contribution is 5.89. The van der Waals surface area contributed by atoms with E-state index in [4.69, 9.17) is 9.84 Å². The summed E-state index contributed by atoms with van der Waals surface area (Å²) in [7, 11) is 0. The molecule has 0 aliphatic carbocycles. The van der Waals surface area contributed by atoms with E-state index in [2.05, 4.69) is 5.32 Å². The number of nitrogens with one attached hydrogen (secondary N) is 1. The van der Waals surface area contributed by atoms with Gasteiger partial charge in [0.1, 0.15) is 11.5 Å². The van der Waals surface area contributed by atoms with Crippen molar-refractivity contribution in [1.29, 1.82) is 0 Å². The van der Waals surface area contributed by atoms with E-state index in [-0.39, 0.29) is 18.6 Å². The minimum absolute atomic E-state index is 0.129. The number of rotatable bonds is 4. The fourth-order valence-electron chi connectivity index (χ4n) is 2.63. The Bertz CT molecular complexity index is 660. The number of benzene rings is 2. The van der Waals surface area contributed by atoms with Crippen LogP contribution in [0.1, 0.15) is 6.42 Å².